The van der Waals surface area contributed by atoms with E-state index < -0.39 is 17.1 Å². The van der Waals surface area contributed by atoms with E-state index in [1.807, 2.05) is 6.92 Å². The second kappa shape index (κ2) is 5.31. The number of ketones is 1. The van der Waals surface area contributed by atoms with Gasteiger partial charge >= 0.3 is 0 Å². The van der Waals surface area contributed by atoms with Gasteiger partial charge in [-0.3, -0.25) is 4.79 Å². The second-order valence-corrected chi connectivity index (χ2v) is 10.1. The Morgan fingerprint density at radius 1 is 1.32 bits per heavy atom. The summed E-state index contributed by atoms with van der Waals surface area (Å²) in [5, 5.41) is 22.8. The SMILES string of the molecule is Cc1cc(O)c2c3c1C[C@@H]1[C@]4(O)CCC(=O)[C@H](O2)[C@]34CC[N@+]1(C)CC1CC1.[CH3-]. The maximum atomic E-state index is 12.9. The quantitative estimate of drug-likeness (QED) is 0.606. The summed E-state index contributed by atoms with van der Waals surface area (Å²) in [7, 11) is 2.32. The fraction of sp³-hybridized carbons (Fsp3) is 0.652. The smallest absolute Gasteiger partial charge is 0.174 e. The fourth-order valence-electron chi connectivity index (χ4n) is 7.21. The monoisotopic (exact) mass is 385 g/mol. The van der Waals surface area contributed by atoms with Crippen LogP contribution in [0.3, 0.4) is 0 Å². The summed E-state index contributed by atoms with van der Waals surface area (Å²) in [5.74, 6) is 1.44. The Balaban J connectivity index is 0.00000171. The van der Waals surface area contributed by atoms with Crippen LogP contribution in [0.4, 0.5) is 0 Å². The first-order valence-corrected chi connectivity index (χ1v) is 10.4. The average Bonchev–Trinajstić information content (AvgIpc) is 3.33. The fourth-order valence-corrected chi connectivity index (χ4v) is 7.21. The molecule has 28 heavy (non-hydrogen) atoms. The van der Waals surface area contributed by atoms with E-state index in [1.165, 1.54) is 18.4 Å². The van der Waals surface area contributed by atoms with Gasteiger partial charge in [0.05, 0.1) is 25.6 Å². The van der Waals surface area contributed by atoms with Crippen LogP contribution in [0.1, 0.15) is 48.8 Å². The van der Waals surface area contributed by atoms with Crippen molar-refractivity contribution in [3.05, 3.63) is 30.2 Å². The van der Waals surface area contributed by atoms with Crippen molar-refractivity contribution >= 4 is 5.78 Å². The molecule has 2 N–H and O–H groups in total. The maximum absolute atomic E-state index is 12.9. The number of Topliss-reactive ketones (excluding diaryl/α,β-unsaturated/α-hetero) is 1. The van der Waals surface area contributed by atoms with Crippen molar-refractivity contribution in [1.29, 1.82) is 0 Å². The lowest BCUT2D eigenvalue weighted by Crippen LogP contribution is -2.80. The van der Waals surface area contributed by atoms with Crippen LogP contribution in [0.5, 0.6) is 11.5 Å². The summed E-state index contributed by atoms with van der Waals surface area (Å²) < 4.78 is 7.04. The van der Waals surface area contributed by atoms with Crippen LogP contribution < -0.4 is 4.74 Å². The Kier molecular flexibility index (Phi) is 3.50. The molecule has 1 aromatic carbocycles. The largest absolute Gasteiger partial charge is 0.504 e. The van der Waals surface area contributed by atoms with E-state index in [2.05, 4.69) is 7.05 Å². The number of ether oxygens (including phenoxy) is 1. The zero-order valence-electron chi connectivity index (χ0n) is 17.1. The molecule has 5 aliphatic rings. The van der Waals surface area contributed by atoms with Crippen molar-refractivity contribution in [2.45, 2.75) is 68.6 Å². The third kappa shape index (κ3) is 1.88. The Labute approximate surface area is 166 Å². The van der Waals surface area contributed by atoms with Crippen molar-refractivity contribution in [2.75, 3.05) is 20.1 Å². The molecular formula is C23H31NO4. The summed E-state index contributed by atoms with van der Waals surface area (Å²) in [6, 6.07) is 1.87. The second-order valence-electron chi connectivity index (χ2n) is 10.1. The number of carbonyl (C=O) groups excluding carboxylic acids is 1. The predicted molar refractivity (Wildman–Crippen MR) is 105 cm³/mol. The highest BCUT2D eigenvalue weighted by molar-refractivity contribution is 5.90. The maximum Gasteiger partial charge on any atom is 0.174 e. The van der Waals surface area contributed by atoms with Crippen LogP contribution in [-0.4, -0.2) is 58.4 Å². The lowest BCUT2D eigenvalue weighted by atomic mass is 9.48. The molecule has 0 aromatic heterocycles. The van der Waals surface area contributed by atoms with Crippen LogP contribution in [0.15, 0.2) is 6.07 Å². The number of hydrogen-bond donors (Lipinski definition) is 2. The van der Waals surface area contributed by atoms with E-state index in [1.54, 1.807) is 6.07 Å². The molecule has 5 atom stereocenters. The molecule has 5 heteroatoms. The van der Waals surface area contributed by atoms with Gasteiger partial charge in [0.25, 0.3) is 0 Å². The summed E-state index contributed by atoms with van der Waals surface area (Å²) in [6.45, 7) is 4.13. The van der Waals surface area contributed by atoms with E-state index in [9.17, 15) is 15.0 Å². The normalized spacial score (nSPS) is 42.5. The highest BCUT2D eigenvalue weighted by atomic mass is 16.5. The van der Waals surface area contributed by atoms with Gasteiger partial charge in [-0.05, 0) is 43.4 Å². The molecule has 1 saturated heterocycles. The number of likely N-dealkylation sites (N-methyl/N-ethyl adjacent to an activating group) is 1. The summed E-state index contributed by atoms with van der Waals surface area (Å²) in [6.07, 6.45) is 4.41. The van der Waals surface area contributed by atoms with Crippen molar-refractivity contribution in [3.63, 3.8) is 0 Å². The minimum absolute atomic E-state index is 0. The number of quaternary nitrogens is 1. The molecule has 5 nitrogen and oxygen atoms in total. The van der Waals surface area contributed by atoms with Crippen LogP contribution in [0, 0.1) is 20.3 Å². The molecule has 2 bridgehead atoms. The van der Waals surface area contributed by atoms with Gasteiger partial charge in [-0.1, -0.05) is 0 Å². The van der Waals surface area contributed by atoms with Gasteiger partial charge in [-0.2, -0.15) is 0 Å². The van der Waals surface area contributed by atoms with Crippen molar-refractivity contribution < 1.29 is 24.2 Å². The van der Waals surface area contributed by atoms with Gasteiger partial charge < -0.3 is 26.9 Å². The number of carbonyl (C=O) groups is 1. The van der Waals surface area contributed by atoms with Crippen LogP contribution in [-0.2, 0) is 16.6 Å². The number of aryl methyl sites for hydroxylation is 1. The molecule has 2 aliphatic heterocycles. The van der Waals surface area contributed by atoms with E-state index in [-0.39, 0.29) is 25.0 Å². The number of aromatic hydroxyl groups is 1. The molecule has 0 unspecified atom stereocenters. The number of phenols is 1. The third-order valence-electron chi connectivity index (χ3n) is 8.63. The lowest BCUT2D eigenvalue weighted by Gasteiger charge is -2.64. The van der Waals surface area contributed by atoms with Gasteiger partial charge in [-0.15, -0.1) is 0 Å². The Hall–Kier alpha value is -1.59. The Morgan fingerprint density at radius 2 is 2.07 bits per heavy atom. The highest BCUT2D eigenvalue weighted by Crippen LogP contribution is 2.66. The molecule has 0 radical (unpaired) electrons. The van der Waals surface area contributed by atoms with Crippen LogP contribution in [0.25, 0.3) is 0 Å². The zero-order valence-corrected chi connectivity index (χ0v) is 17.1. The van der Waals surface area contributed by atoms with E-state index in [0.717, 1.165) is 47.5 Å². The predicted octanol–water partition coefficient (Wildman–Crippen LogP) is 2.43. The standard InChI is InChI=1S/C22H27NO4.CH3/c1-12-9-16(25)19-18-14(12)10-17-22(26)6-5-15(24)20(27-19)21(18,22)7-8-23(17,2)11-13-3-4-13;/h9,13,17,20,26H,3-8,10-11H2,1-2H3;1H3/q;-1/p+1/t17-,20+,21+,22-,23-;/m1./s1. The number of aliphatic hydroxyl groups is 1. The van der Waals surface area contributed by atoms with Gasteiger partial charge in [0.15, 0.2) is 23.4 Å². The lowest BCUT2D eigenvalue weighted by molar-refractivity contribution is -0.950. The minimum Gasteiger partial charge on any atom is -0.504 e. The third-order valence-corrected chi connectivity index (χ3v) is 8.63. The van der Waals surface area contributed by atoms with Gasteiger partial charge in [0.1, 0.15) is 11.6 Å². The molecule has 1 spiro atoms. The molecule has 152 valence electrons. The summed E-state index contributed by atoms with van der Waals surface area (Å²) in [4.78, 5) is 12.9. The molecule has 6 rings (SSSR count). The number of hydrogen-bond acceptors (Lipinski definition) is 4. The number of rotatable bonds is 2. The van der Waals surface area contributed by atoms with Crippen LogP contribution >= 0.6 is 0 Å². The van der Waals surface area contributed by atoms with Crippen molar-refractivity contribution in [2.24, 2.45) is 5.92 Å². The van der Waals surface area contributed by atoms with Crippen LogP contribution in [0.2, 0.25) is 0 Å². The number of nitrogens with zero attached hydrogens (tertiary/aromatic N) is 1. The van der Waals surface area contributed by atoms with Crippen molar-refractivity contribution in [1.82, 2.24) is 0 Å². The Bertz CT molecular complexity index is 893. The molecule has 2 saturated carbocycles. The first kappa shape index (κ1) is 18.4. The average molecular weight is 386 g/mol. The number of phenolic OH excluding ortho intramolecular Hbond substituents is 1. The van der Waals surface area contributed by atoms with Crippen molar-refractivity contribution in [3.8, 4) is 11.5 Å². The zero-order chi connectivity index (χ0) is 18.8. The molecule has 0 amide bonds. The summed E-state index contributed by atoms with van der Waals surface area (Å²) >= 11 is 0. The topological polar surface area (TPSA) is 66.8 Å². The Morgan fingerprint density at radius 3 is 2.79 bits per heavy atom. The van der Waals surface area contributed by atoms with Gasteiger partial charge in [0, 0.05) is 30.7 Å². The van der Waals surface area contributed by atoms with Gasteiger partial charge in [0.2, 0.25) is 0 Å². The summed E-state index contributed by atoms with van der Waals surface area (Å²) in [5.41, 5.74) is 1.59. The first-order chi connectivity index (χ1) is 12.8. The van der Waals surface area contributed by atoms with E-state index in [0.29, 0.717) is 18.6 Å². The molecule has 2 heterocycles. The minimum atomic E-state index is -0.939. The van der Waals surface area contributed by atoms with E-state index in [4.69, 9.17) is 4.74 Å². The van der Waals surface area contributed by atoms with E-state index >= 15 is 0 Å². The van der Waals surface area contributed by atoms with Gasteiger partial charge in [-0.25, -0.2) is 0 Å². The first-order valence-electron chi connectivity index (χ1n) is 10.4. The number of likely N-dealkylation sites (tertiary alicyclic amines) is 1. The molecule has 1 aromatic rings. The molecule has 3 fully saturated rings. The number of piperidine rings is 1. The highest BCUT2D eigenvalue weighted by Gasteiger charge is 2.76. The number of benzene rings is 1. The molecule has 3 aliphatic carbocycles. The molecular weight excluding hydrogens is 354 g/mol.